The molecule has 1 N–H and O–H groups in total. The van der Waals surface area contributed by atoms with E-state index in [2.05, 4.69) is 13.2 Å². The van der Waals surface area contributed by atoms with Gasteiger partial charge in [-0.3, -0.25) is 0 Å². The molecule has 0 unspecified atom stereocenters. The van der Waals surface area contributed by atoms with E-state index in [1.165, 1.54) is 5.57 Å². The smallest absolute Gasteiger partial charge is 0.0431 e. The van der Waals surface area contributed by atoms with Gasteiger partial charge in [-0.2, -0.15) is 0 Å². The molecular formula is C9H16O. The molecule has 0 aliphatic rings. The zero-order valence-corrected chi connectivity index (χ0v) is 6.47. The molecule has 0 aromatic heterocycles. The highest BCUT2D eigenvalue weighted by atomic mass is 16.2. The van der Waals surface area contributed by atoms with Crippen LogP contribution in [0.1, 0.15) is 25.7 Å². The Hall–Kier alpha value is -0.560. The predicted molar refractivity (Wildman–Crippen MR) is 44.9 cm³/mol. The van der Waals surface area contributed by atoms with E-state index in [-0.39, 0.29) is 0 Å². The molecule has 1 heteroatoms. The average molecular weight is 140 g/mol. The van der Waals surface area contributed by atoms with Crippen LogP contribution in [0.25, 0.3) is 0 Å². The van der Waals surface area contributed by atoms with E-state index in [4.69, 9.17) is 5.11 Å². The summed E-state index contributed by atoms with van der Waals surface area (Å²) in [7, 11) is 0. The van der Waals surface area contributed by atoms with E-state index < -0.39 is 0 Å². The molecule has 0 aromatic rings. The first-order valence-electron chi connectivity index (χ1n) is 3.69. The van der Waals surface area contributed by atoms with Crippen LogP contribution < -0.4 is 0 Å². The van der Waals surface area contributed by atoms with Crippen LogP contribution in [0.5, 0.6) is 0 Å². The van der Waals surface area contributed by atoms with Crippen molar-refractivity contribution in [2.75, 3.05) is 6.61 Å². The molecule has 0 atom stereocenters. The van der Waals surface area contributed by atoms with E-state index in [1.54, 1.807) is 0 Å². The van der Waals surface area contributed by atoms with Gasteiger partial charge in [0.2, 0.25) is 0 Å². The lowest BCUT2D eigenvalue weighted by atomic mass is 10.1. The largest absolute Gasteiger partial charge is 0.396 e. The minimum atomic E-state index is 0.293. The molecule has 0 aliphatic carbocycles. The molecule has 0 aliphatic heterocycles. The van der Waals surface area contributed by atoms with E-state index >= 15 is 0 Å². The Morgan fingerprint density at radius 3 is 2.60 bits per heavy atom. The molecule has 0 aromatic carbocycles. The van der Waals surface area contributed by atoms with Crippen molar-refractivity contribution < 1.29 is 5.11 Å². The standard InChI is InChI=1S/C9H16O/c1-3-6-9(2)7-4-5-8-10/h3,10H,1-2,4-8H2. The summed E-state index contributed by atoms with van der Waals surface area (Å²) in [5.74, 6) is 0. The van der Waals surface area contributed by atoms with E-state index in [1.807, 2.05) is 6.08 Å². The van der Waals surface area contributed by atoms with Gasteiger partial charge < -0.3 is 5.11 Å². The molecule has 0 heterocycles. The molecule has 0 radical (unpaired) electrons. The van der Waals surface area contributed by atoms with Crippen molar-refractivity contribution in [1.82, 2.24) is 0 Å². The van der Waals surface area contributed by atoms with Crippen LogP contribution >= 0.6 is 0 Å². The van der Waals surface area contributed by atoms with Crippen molar-refractivity contribution in [3.8, 4) is 0 Å². The van der Waals surface area contributed by atoms with Crippen LogP contribution in [0.4, 0.5) is 0 Å². The Morgan fingerprint density at radius 2 is 2.10 bits per heavy atom. The minimum absolute atomic E-state index is 0.293. The molecule has 0 saturated carbocycles. The Morgan fingerprint density at radius 1 is 1.40 bits per heavy atom. The molecule has 58 valence electrons. The van der Waals surface area contributed by atoms with Gasteiger partial charge in [-0.05, 0) is 25.7 Å². The summed E-state index contributed by atoms with van der Waals surface area (Å²) in [4.78, 5) is 0. The number of hydrogen-bond donors (Lipinski definition) is 1. The van der Waals surface area contributed by atoms with Gasteiger partial charge in [0.15, 0.2) is 0 Å². The molecule has 0 fully saturated rings. The fourth-order valence-corrected chi connectivity index (χ4v) is 0.793. The summed E-state index contributed by atoms with van der Waals surface area (Å²) >= 11 is 0. The van der Waals surface area contributed by atoms with Crippen LogP contribution in [-0.4, -0.2) is 11.7 Å². The van der Waals surface area contributed by atoms with Gasteiger partial charge in [-0.15, -0.1) is 6.58 Å². The van der Waals surface area contributed by atoms with Crippen LogP contribution in [0, 0.1) is 0 Å². The van der Waals surface area contributed by atoms with Crippen LogP contribution in [0.2, 0.25) is 0 Å². The summed E-state index contributed by atoms with van der Waals surface area (Å²) in [6, 6.07) is 0. The Balaban J connectivity index is 3.13. The monoisotopic (exact) mass is 140 g/mol. The first kappa shape index (κ1) is 9.44. The fourth-order valence-electron chi connectivity index (χ4n) is 0.793. The second kappa shape index (κ2) is 6.56. The Labute approximate surface area is 63.1 Å². The third-order valence-corrected chi connectivity index (χ3v) is 1.37. The van der Waals surface area contributed by atoms with Gasteiger partial charge in [0, 0.05) is 6.61 Å². The maximum absolute atomic E-state index is 8.46. The van der Waals surface area contributed by atoms with Gasteiger partial charge in [-0.1, -0.05) is 18.2 Å². The number of rotatable bonds is 6. The summed E-state index contributed by atoms with van der Waals surface area (Å²) in [5.41, 5.74) is 1.21. The second-order valence-electron chi connectivity index (χ2n) is 2.42. The van der Waals surface area contributed by atoms with E-state index in [0.29, 0.717) is 6.61 Å². The van der Waals surface area contributed by atoms with Crippen molar-refractivity contribution in [1.29, 1.82) is 0 Å². The molecule has 0 saturated heterocycles. The van der Waals surface area contributed by atoms with Crippen molar-refractivity contribution in [2.24, 2.45) is 0 Å². The summed E-state index contributed by atoms with van der Waals surface area (Å²) in [5, 5.41) is 8.46. The second-order valence-corrected chi connectivity index (χ2v) is 2.42. The summed E-state index contributed by atoms with van der Waals surface area (Å²) < 4.78 is 0. The average Bonchev–Trinajstić information content (AvgIpc) is 1.89. The van der Waals surface area contributed by atoms with Crippen molar-refractivity contribution in [3.63, 3.8) is 0 Å². The van der Waals surface area contributed by atoms with E-state index in [0.717, 1.165) is 25.7 Å². The first-order chi connectivity index (χ1) is 4.81. The lowest BCUT2D eigenvalue weighted by Gasteiger charge is -1.99. The van der Waals surface area contributed by atoms with Crippen LogP contribution in [-0.2, 0) is 0 Å². The Bertz CT molecular complexity index is 105. The molecule has 0 spiro atoms. The van der Waals surface area contributed by atoms with Crippen LogP contribution in [0.3, 0.4) is 0 Å². The highest BCUT2D eigenvalue weighted by Gasteiger charge is 1.90. The summed E-state index contributed by atoms with van der Waals surface area (Å²) in [6.07, 6.45) is 5.72. The van der Waals surface area contributed by atoms with Crippen molar-refractivity contribution in [2.45, 2.75) is 25.7 Å². The number of unbranched alkanes of at least 4 members (excludes halogenated alkanes) is 1. The first-order valence-corrected chi connectivity index (χ1v) is 3.69. The molecule has 10 heavy (non-hydrogen) atoms. The number of hydrogen-bond acceptors (Lipinski definition) is 1. The predicted octanol–water partition coefficient (Wildman–Crippen LogP) is 2.28. The molecule has 0 amide bonds. The molecular weight excluding hydrogens is 124 g/mol. The zero-order chi connectivity index (χ0) is 7.82. The summed E-state index contributed by atoms with van der Waals surface area (Å²) in [6.45, 7) is 7.78. The van der Waals surface area contributed by atoms with Crippen molar-refractivity contribution in [3.05, 3.63) is 24.8 Å². The number of aliphatic hydroxyl groups is 1. The number of allylic oxidation sites excluding steroid dienone is 2. The van der Waals surface area contributed by atoms with Gasteiger partial charge in [0.25, 0.3) is 0 Å². The fraction of sp³-hybridized carbons (Fsp3) is 0.556. The topological polar surface area (TPSA) is 20.2 Å². The lowest BCUT2D eigenvalue weighted by Crippen LogP contribution is -1.84. The van der Waals surface area contributed by atoms with Gasteiger partial charge in [0.05, 0.1) is 0 Å². The van der Waals surface area contributed by atoms with Gasteiger partial charge >= 0.3 is 0 Å². The zero-order valence-electron chi connectivity index (χ0n) is 6.47. The minimum Gasteiger partial charge on any atom is -0.396 e. The normalized spacial score (nSPS) is 9.30. The van der Waals surface area contributed by atoms with E-state index in [9.17, 15) is 0 Å². The van der Waals surface area contributed by atoms with Crippen molar-refractivity contribution >= 4 is 0 Å². The quantitative estimate of drug-likeness (QED) is 0.443. The van der Waals surface area contributed by atoms with Crippen LogP contribution in [0.15, 0.2) is 24.8 Å². The molecule has 0 rings (SSSR count). The number of aliphatic hydroxyl groups excluding tert-OH is 1. The highest BCUT2D eigenvalue weighted by molar-refractivity contribution is 4.99. The third-order valence-electron chi connectivity index (χ3n) is 1.37. The highest BCUT2D eigenvalue weighted by Crippen LogP contribution is 2.08. The van der Waals surface area contributed by atoms with Gasteiger partial charge in [0.1, 0.15) is 0 Å². The third kappa shape index (κ3) is 5.57. The van der Waals surface area contributed by atoms with Gasteiger partial charge in [-0.25, -0.2) is 0 Å². The SMILES string of the molecule is C=CCC(=C)CCCCO. The Kier molecular flexibility index (Phi) is 6.19. The molecule has 1 nitrogen and oxygen atoms in total. The molecule has 0 bridgehead atoms. The maximum atomic E-state index is 8.46. The maximum Gasteiger partial charge on any atom is 0.0431 e. The lowest BCUT2D eigenvalue weighted by molar-refractivity contribution is 0.284.